The Hall–Kier alpha value is -2.48. The van der Waals surface area contributed by atoms with Crippen LogP contribution in [-0.2, 0) is 5.41 Å². The fraction of sp³-hybridized carbons (Fsp3) is 0.158. The molecule has 2 N–H and O–H groups in total. The minimum absolute atomic E-state index is 0.231. The van der Waals surface area contributed by atoms with Crippen molar-refractivity contribution in [3.63, 3.8) is 0 Å². The lowest BCUT2D eigenvalue weighted by Crippen LogP contribution is -2.23. The van der Waals surface area contributed by atoms with E-state index in [0.717, 1.165) is 12.5 Å². The number of aliphatic hydroxyl groups excluding tert-OH is 2. The summed E-state index contributed by atoms with van der Waals surface area (Å²) >= 11 is 0. The lowest BCUT2D eigenvalue weighted by Gasteiger charge is -2.29. The van der Waals surface area contributed by atoms with Gasteiger partial charge in [0.05, 0.1) is 12.5 Å². The zero-order valence-corrected chi connectivity index (χ0v) is 11.7. The molecule has 0 atom stereocenters. The number of allylic oxidation sites excluding steroid dienone is 2. The van der Waals surface area contributed by atoms with Gasteiger partial charge in [-0.3, -0.25) is 0 Å². The normalized spacial score (nSPS) is 15.4. The quantitative estimate of drug-likeness (QED) is 0.783. The monoisotopic (exact) mass is 278 g/mol. The molecular weight excluding hydrogens is 260 g/mol. The van der Waals surface area contributed by atoms with E-state index in [2.05, 4.69) is 36.4 Å². The lowest BCUT2D eigenvalue weighted by atomic mass is 9.73. The molecule has 3 rings (SSSR count). The number of aliphatic hydroxyl groups is 2. The standard InChI is InChI=1S/C19H18O2/c20-13-5-11-19(12-6-14-21)17-9-3-1-7-15(17)16-8-2-4-10-18(16)19/h1-10,13-14,20-21H,11-12H2. The second-order valence-electron chi connectivity index (χ2n) is 5.35. The molecule has 2 heteroatoms. The van der Waals surface area contributed by atoms with Gasteiger partial charge in [-0.15, -0.1) is 0 Å². The topological polar surface area (TPSA) is 40.5 Å². The number of hydrogen-bond donors (Lipinski definition) is 2. The second-order valence-corrected chi connectivity index (χ2v) is 5.35. The Labute approximate surface area is 124 Å². The zero-order chi connectivity index (χ0) is 14.7. The van der Waals surface area contributed by atoms with Gasteiger partial charge >= 0.3 is 0 Å². The molecule has 0 aliphatic heterocycles. The average Bonchev–Trinajstić information content (AvgIpc) is 2.82. The zero-order valence-electron chi connectivity index (χ0n) is 11.7. The third-order valence-electron chi connectivity index (χ3n) is 4.32. The molecule has 2 aromatic rings. The van der Waals surface area contributed by atoms with Crippen LogP contribution in [0.25, 0.3) is 11.1 Å². The summed E-state index contributed by atoms with van der Waals surface area (Å²) in [7, 11) is 0. The second kappa shape index (κ2) is 5.49. The summed E-state index contributed by atoms with van der Waals surface area (Å²) in [4.78, 5) is 0. The summed E-state index contributed by atoms with van der Waals surface area (Å²) in [6.45, 7) is 0. The smallest absolute Gasteiger partial charge is 0.0752 e. The van der Waals surface area contributed by atoms with Gasteiger partial charge in [-0.25, -0.2) is 0 Å². The largest absolute Gasteiger partial charge is 0.516 e. The molecule has 0 spiro atoms. The van der Waals surface area contributed by atoms with E-state index in [1.165, 1.54) is 22.3 Å². The van der Waals surface area contributed by atoms with Crippen LogP contribution in [0.3, 0.4) is 0 Å². The van der Waals surface area contributed by atoms with Gasteiger partial charge in [0.15, 0.2) is 0 Å². The maximum Gasteiger partial charge on any atom is 0.0752 e. The molecule has 2 nitrogen and oxygen atoms in total. The molecule has 0 aromatic heterocycles. The van der Waals surface area contributed by atoms with Crippen LogP contribution in [0.5, 0.6) is 0 Å². The number of hydrogen-bond acceptors (Lipinski definition) is 2. The first kappa shape index (κ1) is 13.5. The summed E-state index contributed by atoms with van der Waals surface area (Å²) in [6, 6.07) is 16.8. The van der Waals surface area contributed by atoms with E-state index in [4.69, 9.17) is 10.2 Å². The molecule has 0 amide bonds. The first-order valence-electron chi connectivity index (χ1n) is 7.11. The van der Waals surface area contributed by atoms with Gasteiger partial charge in [-0.2, -0.15) is 0 Å². The van der Waals surface area contributed by atoms with Crippen molar-refractivity contribution in [2.45, 2.75) is 18.3 Å². The van der Waals surface area contributed by atoms with Crippen molar-refractivity contribution in [2.75, 3.05) is 0 Å². The van der Waals surface area contributed by atoms with Crippen molar-refractivity contribution in [1.29, 1.82) is 0 Å². The van der Waals surface area contributed by atoms with Crippen molar-refractivity contribution in [2.24, 2.45) is 0 Å². The highest BCUT2D eigenvalue weighted by molar-refractivity contribution is 5.81. The Kier molecular flexibility index (Phi) is 3.53. The van der Waals surface area contributed by atoms with Crippen LogP contribution in [0.4, 0.5) is 0 Å². The summed E-state index contributed by atoms with van der Waals surface area (Å²) in [5, 5.41) is 18.2. The number of benzene rings is 2. The van der Waals surface area contributed by atoms with E-state index in [0.29, 0.717) is 12.8 Å². The molecule has 2 aromatic carbocycles. The van der Waals surface area contributed by atoms with Crippen LogP contribution < -0.4 is 0 Å². The van der Waals surface area contributed by atoms with Crippen LogP contribution in [0.2, 0.25) is 0 Å². The van der Waals surface area contributed by atoms with Gasteiger partial charge in [0.25, 0.3) is 0 Å². The molecular formula is C19H18O2. The third kappa shape index (κ3) is 2.04. The Bertz CT molecular complexity index is 637. The molecule has 106 valence electrons. The van der Waals surface area contributed by atoms with E-state index in [-0.39, 0.29) is 5.41 Å². The van der Waals surface area contributed by atoms with Crippen molar-refractivity contribution < 1.29 is 10.2 Å². The predicted molar refractivity (Wildman–Crippen MR) is 85.4 cm³/mol. The van der Waals surface area contributed by atoms with Crippen molar-refractivity contribution in [1.82, 2.24) is 0 Å². The maximum absolute atomic E-state index is 9.11. The summed E-state index contributed by atoms with van der Waals surface area (Å²) in [6.07, 6.45) is 7.17. The third-order valence-corrected chi connectivity index (χ3v) is 4.32. The molecule has 0 saturated heterocycles. The summed E-state index contributed by atoms with van der Waals surface area (Å²) in [5.41, 5.74) is 4.76. The van der Waals surface area contributed by atoms with Crippen molar-refractivity contribution >= 4 is 0 Å². The Balaban J connectivity index is 2.26. The van der Waals surface area contributed by atoms with Crippen LogP contribution in [0, 0.1) is 0 Å². The molecule has 0 radical (unpaired) electrons. The first-order valence-corrected chi connectivity index (χ1v) is 7.11. The van der Waals surface area contributed by atoms with Crippen molar-refractivity contribution in [3.8, 4) is 11.1 Å². The fourth-order valence-corrected chi connectivity index (χ4v) is 3.45. The van der Waals surface area contributed by atoms with E-state index in [1.54, 1.807) is 12.2 Å². The van der Waals surface area contributed by atoms with Gasteiger partial charge in [0.1, 0.15) is 0 Å². The molecule has 0 unspecified atom stereocenters. The van der Waals surface area contributed by atoms with Gasteiger partial charge in [-0.1, -0.05) is 48.5 Å². The van der Waals surface area contributed by atoms with Gasteiger partial charge in [0, 0.05) is 5.41 Å². The highest BCUT2D eigenvalue weighted by Gasteiger charge is 2.41. The summed E-state index contributed by atoms with van der Waals surface area (Å²) < 4.78 is 0. The predicted octanol–water partition coefficient (Wildman–Crippen LogP) is 4.88. The summed E-state index contributed by atoms with van der Waals surface area (Å²) in [5.74, 6) is 0. The Morgan fingerprint density at radius 2 is 1.14 bits per heavy atom. The molecule has 0 bridgehead atoms. The van der Waals surface area contributed by atoms with Crippen LogP contribution >= 0.6 is 0 Å². The fourth-order valence-electron chi connectivity index (χ4n) is 3.45. The first-order chi connectivity index (χ1) is 10.3. The van der Waals surface area contributed by atoms with E-state index < -0.39 is 0 Å². The highest BCUT2D eigenvalue weighted by Crippen LogP contribution is 2.52. The highest BCUT2D eigenvalue weighted by atomic mass is 16.2. The Morgan fingerprint density at radius 3 is 1.57 bits per heavy atom. The molecule has 0 fully saturated rings. The molecule has 21 heavy (non-hydrogen) atoms. The maximum atomic E-state index is 9.11. The van der Waals surface area contributed by atoms with Crippen LogP contribution in [0.1, 0.15) is 24.0 Å². The van der Waals surface area contributed by atoms with Gasteiger partial charge in [0.2, 0.25) is 0 Å². The molecule has 0 heterocycles. The Morgan fingerprint density at radius 1 is 0.714 bits per heavy atom. The number of fused-ring (bicyclic) bond motifs is 3. The van der Waals surface area contributed by atoms with Gasteiger partial charge in [-0.05, 0) is 47.2 Å². The lowest BCUT2D eigenvalue weighted by molar-refractivity contribution is 0.453. The molecule has 1 aliphatic carbocycles. The number of rotatable bonds is 4. The van der Waals surface area contributed by atoms with Gasteiger partial charge < -0.3 is 10.2 Å². The van der Waals surface area contributed by atoms with E-state index in [1.807, 2.05) is 12.1 Å². The van der Waals surface area contributed by atoms with Crippen LogP contribution in [0.15, 0.2) is 73.2 Å². The van der Waals surface area contributed by atoms with Crippen molar-refractivity contribution in [3.05, 3.63) is 84.3 Å². The molecule has 1 aliphatic rings. The minimum atomic E-state index is -0.231. The van der Waals surface area contributed by atoms with E-state index in [9.17, 15) is 0 Å². The molecule has 0 saturated carbocycles. The SMILES string of the molecule is OC=CCC1(CC=CO)c2ccccc2-c2ccccc21. The average molecular weight is 278 g/mol. The van der Waals surface area contributed by atoms with E-state index >= 15 is 0 Å². The van der Waals surface area contributed by atoms with Crippen LogP contribution in [-0.4, -0.2) is 10.2 Å². The minimum Gasteiger partial charge on any atom is -0.516 e.